The minimum absolute atomic E-state index is 0.214. The van der Waals surface area contributed by atoms with Crippen LogP contribution in [0.15, 0.2) is 47.4 Å². The van der Waals surface area contributed by atoms with Gasteiger partial charge in [-0.15, -0.1) is 0 Å². The van der Waals surface area contributed by atoms with E-state index >= 15 is 0 Å². The average molecular weight is 253 g/mol. The number of methoxy groups -OCH3 is 1. The fourth-order valence-electron chi connectivity index (χ4n) is 2.03. The zero-order valence-corrected chi connectivity index (χ0v) is 10.3. The minimum atomic E-state index is -0.214. The van der Waals surface area contributed by atoms with E-state index in [0.29, 0.717) is 22.5 Å². The van der Waals surface area contributed by atoms with Crippen LogP contribution in [0.5, 0.6) is 5.75 Å². The fourth-order valence-corrected chi connectivity index (χ4v) is 2.03. The molecule has 0 aliphatic carbocycles. The van der Waals surface area contributed by atoms with Crippen molar-refractivity contribution in [2.24, 2.45) is 0 Å². The van der Waals surface area contributed by atoms with Gasteiger partial charge in [-0.1, -0.05) is 18.2 Å². The molecule has 0 fully saturated rings. The molecule has 2 heterocycles. The molecule has 2 aromatic heterocycles. The Morgan fingerprint density at radius 1 is 1.05 bits per heavy atom. The Morgan fingerprint density at radius 2 is 1.84 bits per heavy atom. The van der Waals surface area contributed by atoms with Gasteiger partial charge in [0.2, 0.25) is 0 Å². The maximum atomic E-state index is 11.7. The topological polar surface area (TPSA) is 67.9 Å². The standard InChI is InChI=1S/C14H11N3O2/c1-19-11-7-4-8-15-13(11)12-9-5-2-3-6-10(9)14(18)17-16-12/h2-8H,1H3,(H,17,18). The SMILES string of the molecule is COc1cccnc1-c1n[nH]c(=O)c2ccccc12. The lowest BCUT2D eigenvalue weighted by atomic mass is 10.1. The molecule has 0 radical (unpaired) electrons. The van der Waals surface area contributed by atoms with E-state index in [4.69, 9.17) is 4.74 Å². The predicted molar refractivity (Wildman–Crippen MR) is 72.1 cm³/mol. The zero-order valence-electron chi connectivity index (χ0n) is 10.3. The molecule has 19 heavy (non-hydrogen) atoms. The lowest BCUT2D eigenvalue weighted by Gasteiger charge is -2.08. The van der Waals surface area contributed by atoms with Crippen molar-refractivity contribution in [1.29, 1.82) is 0 Å². The highest BCUT2D eigenvalue weighted by atomic mass is 16.5. The largest absolute Gasteiger partial charge is 0.494 e. The molecule has 0 saturated heterocycles. The number of H-pyrrole nitrogens is 1. The molecule has 3 aromatic rings. The first-order chi connectivity index (χ1) is 9.31. The molecular weight excluding hydrogens is 242 g/mol. The molecule has 1 N–H and O–H groups in total. The predicted octanol–water partition coefficient (Wildman–Crippen LogP) is 1.99. The van der Waals surface area contributed by atoms with Gasteiger partial charge in [0.25, 0.3) is 5.56 Å². The second-order valence-corrected chi connectivity index (χ2v) is 4.00. The molecule has 1 aromatic carbocycles. The Kier molecular flexibility index (Phi) is 2.72. The van der Waals surface area contributed by atoms with Crippen molar-refractivity contribution in [1.82, 2.24) is 15.2 Å². The van der Waals surface area contributed by atoms with Crippen molar-refractivity contribution in [3.63, 3.8) is 0 Å². The molecule has 0 saturated carbocycles. The summed E-state index contributed by atoms with van der Waals surface area (Å²) in [5, 5.41) is 7.93. The molecule has 0 atom stereocenters. The first-order valence-electron chi connectivity index (χ1n) is 5.78. The normalized spacial score (nSPS) is 10.6. The Bertz CT molecular complexity index is 796. The molecule has 0 amide bonds. The number of nitrogens with one attached hydrogen (secondary N) is 1. The molecule has 0 aliphatic heterocycles. The molecule has 0 unspecified atom stereocenters. The van der Waals surface area contributed by atoms with Crippen LogP contribution < -0.4 is 10.3 Å². The van der Waals surface area contributed by atoms with Gasteiger partial charge in [0.15, 0.2) is 0 Å². The van der Waals surface area contributed by atoms with Gasteiger partial charge in [-0.3, -0.25) is 9.78 Å². The van der Waals surface area contributed by atoms with Crippen molar-refractivity contribution < 1.29 is 4.74 Å². The van der Waals surface area contributed by atoms with E-state index < -0.39 is 0 Å². The molecule has 0 spiro atoms. The van der Waals surface area contributed by atoms with Crippen LogP contribution in [0, 0.1) is 0 Å². The van der Waals surface area contributed by atoms with Crippen molar-refractivity contribution in [3.05, 3.63) is 52.9 Å². The number of benzene rings is 1. The second kappa shape index (κ2) is 4.53. The van der Waals surface area contributed by atoms with Crippen LogP contribution in [0.25, 0.3) is 22.2 Å². The summed E-state index contributed by atoms with van der Waals surface area (Å²) in [5.74, 6) is 0.618. The molecular formula is C14H11N3O2. The summed E-state index contributed by atoms with van der Waals surface area (Å²) in [7, 11) is 1.58. The smallest absolute Gasteiger partial charge is 0.272 e. The number of hydrogen-bond donors (Lipinski definition) is 1. The molecule has 5 nitrogen and oxygen atoms in total. The van der Waals surface area contributed by atoms with Gasteiger partial charge < -0.3 is 4.74 Å². The minimum Gasteiger partial charge on any atom is -0.494 e. The summed E-state index contributed by atoms with van der Waals surface area (Å²) in [5.41, 5.74) is 0.999. The third kappa shape index (κ3) is 1.85. The fraction of sp³-hybridized carbons (Fsp3) is 0.0714. The summed E-state index contributed by atoms with van der Waals surface area (Å²) >= 11 is 0. The van der Waals surface area contributed by atoms with E-state index in [0.717, 1.165) is 5.39 Å². The number of aromatic amines is 1. The number of rotatable bonds is 2. The number of nitrogens with zero attached hydrogens (tertiary/aromatic N) is 2. The molecule has 0 aliphatic rings. The van der Waals surface area contributed by atoms with Crippen LogP contribution in [0.4, 0.5) is 0 Å². The number of aromatic nitrogens is 3. The van der Waals surface area contributed by atoms with Gasteiger partial charge in [0, 0.05) is 11.6 Å². The van der Waals surface area contributed by atoms with Crippen molar-refractivity contribution in [2.75, 3.05) is 7.11 Å². The van der Waals surface area contributed by atoms with E-state index in [-0.39, 0.29) is 5.56 Å². The van der Waals surface area contributed by atoms with E-state index in [1.54, 1.807) is 25.4 Å². The molecule has 0 bridgehead atoms. The number of pyridine rings is 1. The quantitative estimate of drug-likeness (QED) is 0.758. The van der Waals surface area contributed by atoms with E-state index in [1.165, 1.54) is 0 Å². The Hall–Kier alpha value is -2.69. The number of hydrogen-bond acceptors (Lipinski definition) is 4. The first kappa shape index (κ1) is 11.4. The summed E-state index contributed by atoms with van der Waals surface area (Å²) in [6.07, 6.45) is 1.67. The van der Waals surface area contributed by atoms with E-state index in [1.807, 2.05) is 24.3 Å². The van der Waals surface area contributed by atoms with E-state index in [2.05, 4.69) is 15.2 Å². The highest BCUT2D eigenvalue weighted by Gasteiger charge is 2.13. The van der Waals surface area contributed by atoms with Gasteiger partial charge in [-0.05, 0) is 18.2 Å². The van der Waals surface area contributed by atoms with Crippen LogP contribution in [0.2, 0.25) is 0 Å². The van der Waals surface area contributed by atoms with Gasteiger partial charge in [0.05, 0.1) is 12.5 Å². The summed E-state index contributed by atoms with van der Waals surface area (Å²) in [6, 6.07) is 10.9. The van der Waals surface area contributed by atoms with Crippen LogP contribution in [0.3, 0.4) is 0 Å². The van der Waals surface area contributed by atoms with Crippen molar-refractivity contribution in [3.8, 4) is 17.1 Å². The summed E-state index contributed by atoms with van der Waals surface area (Å²) in [6.45, 7) is 0. The monoisotopic (exact) mass is 253 g/mol. The maximum Gasteiger partial charge on any atom is 0.272 e. The summed E-state index contributed by atoms with van der Waals surface area (Å²) < 4.78 is 5.28. The van der Waals surface area contributed by atoms with Crippen molar-refractivity contribution >= 4 is 10.8 Å². The van der Waals surface area contributed by atoms with Crippen LogP contribution in [-0.2, 0) is 0 Å². The van der Waals surface area contributed by atoms with E-state index in [9.17, 15) is 4.79 Å². The highest BCUT2D eigenvalue weighted by molar-refractivity contribution is 5.93. The van der Waals surface area contributed by atoms with Gasteiger partial charge in [0.1, 0.15) is 17.1 Å². The van der Waals surface area contributed by atoms with Crippen LogP contribution >= 0.6 is 0 Å². The Labute approximate surface area is 108 Å². The second-order valence-electron chi connectivity index (χ2n) is 4.00. The lowest BCUT2D eigenvalue weighted by Crippen LogP contribution is -2.09. The Morgan fingerprint density at radius 3 is 2.63 bits per heavy atom. The van der Waals surface area contributed by atoms with Gasteiger partial charge in [-0.2, -0.15) is 5.10 Å². The lowest BCUT2D eigenvalue weighted by molar-refractivity contribution is 0.414. The van der Waals surface area contributed by atoms with Crippen molar-refractivity contribution in [2.45, 2.75) is 0 Å². The summed E-state index contributed by atoms with van der Waals surface area (Å²) in [4.78, 5) is 16.0. The van der Waals surface area contributed by atoms with Crippen LogP contribution in [-0.4, -0.2) is 22.3 Å². The van der Waals surface area contributed by atoms with Crippen LogP contribution in [0.1, 0.15) is 0 Å². The molecule has 5 heteroatoms. The van der Waals surface area contributed by atoms with Gasteiger partial charge in [-0.25, -0.2) is 5.10 Å². The first-order valence-corrected chi connectivity index (χ1v) is 5.78. The third-order valence-electron chi connectivity index (χ3n) is 2.91. The van der Waals surface area contributed by atoms with Gasteiger partial charge >= 0.3 is 0 Å². The Balaban J connectivity index is 2.38. The third-order valence-corrected chi connectivity index (χ3v) is 2.91. The number of ether oxygens (including phenoxy) is 1. The zero-order chi connectivity index (χ0) is 13.2. The maximum absolute atomic E-state index is 11.7. The highest BCUT2D eigenvalue weighted by Crippen LogP contribution is 2.29. The number of fused-ring (bicyclic) bond motifs is 1. The molecule has 3 rings (SSSR count). The average Bonchev–Trinajstić information content (AvgIpc) is 2.48. The molecule has 94 valence electrons.